The number of rotatable bonds is 1. The van der Waals surface area contributed by atoms with Crippen LogP contribution in [0.3, 0.4) is 0 Å². The van der Waals surface area contributed by atoms with Gasteiger partial charge in [-0.15, -0.1) is 0 Å². The Morgan fingerprint density at radius 2 is 2.40 bits per heavy atom. The van der Waals surface area contributed by atoms with E-state index in [1.165, 1.54) is 0 Å². The fraction of sp³-hybridized carbons (Fsp3) is 0. The van der Waals surface area contributed by atoms with E-state index in [-0.39, 0.29) is 0 Å². The summed E-state index contributed by atoms with van der Waals surface area (Å²) in [4.78, 5) is 4.06. The lowest BCUT2D eigenvalue weighted by Gasteiger charge is -2.05. The zero-order chi connectivity index (χ0) is 6.81. The number of hydrogen-bond acceptors (Lipinski definition) is 1. The first-order chi connectivity index (χ1) is 4.97. The molecule has 0 aliphatic carbocycles. The molecule has 0 aliphatic heterocycles. The first-order valence-corrected chi connectivity index (χ1v) is 3.04. The van der Waals surface area contributed by atoms with Gasteiger partial charge in [-0.05, 0) is 11.9 Å². The first-order valence-electron chi connectivity index (χ1n) is 3.04. The standard InChI is InChI=1S/C7H6N3/c1-3-7(8-4-1)10-6-2-5-9-10/h1-6H/q-1. The zero-order valence-electron chi connectivity index (χ0n) is 5.31. The van der Waals surface area contributed by atoms with E-state index in [1.807, 2.05) is 24.4 Å². The summed E-state index contributed by atoms with van der Waals surface area (Å²) in [5.74, 6) is 0.866. The zero-order valence-corrected chi connectivity index (χ0v) is 5.31. The van der Waals surface area contributed by atoms with Crippen LogP contribution < -0.4 is 4.98 Å². The Kier molecular flexibility index (Phi) is 1.07. The average molecular weight is 132 g/mol. The van der Waals surface area contributed by atoms with Gasteiger partial charge in [0.2, 0.25) is 0 Å². The van der Waals surface area contributed by atoms with Crippen molar-refractivity contribution < 1.29 is 0 Å². The molecule has 0 N–H and O–H groups in total. The second-order valence-electron chi connectivity index (χ2n) is 1.95. The largest absolute Gasteiger partial charge is 0.441 e. The van der Waals surface area contributed by atoms with Gasteiger partial charge in [-0.1, -0.05) is 24.5 Å². The molecule has 0 fully saturated rings. The maximum atomic E-state index is 4.06. The lowest BCUT2D eigenvalue weighted by molar-refractivity contribution is 0.851. The SMILES string of the molecule is c1c[n-]c(-n2cccn2)c1. The molecule has 0 aliphatic rings. The molecule has 3 heteroatoms. The van der Waals surface area contributed by atoms with Crippen LogP contribution in [0, 0.1) is 0 Å². The summed E-state index contributed by atoms with van der Waals surface area (Å²) in [6.07, 6.45) is 5.34. The van der Waals surface area contributed by atoms with Gasteiger partial charge in [-0.25, -0.2) is 0 Å². The molecule has 2 aromatic heterocycles. The molecule has 0 saturated carbocycles. The molecule has 0 saturated heterocycles. The van der Waals surface area contributed by atoms with Crippen LogP contribution >= 0.6 is 0 Å². The summed E-state index contributed by atoms with van der Waals surface area (Å²) in [6, 6.07) is 5.67. The molecule has 2 aromatic rings. The second kappa shape index (κ2) is 2.02. The van der Waals surface area contributed by atoms with Gasteiger partial charge in [-0.2, -0.15) is 0 Å². The number of hydrogen-bond donors (Lipinski definition) is 0. The lowest BCUT2D eigenvalue weighted by Crippen LogP contribution is -1.94. The van der Waals surface area contributed by atoms with Crippen molar-refractivity contribution >= 4 is 0 Å². The Morgan fingerprint density at radius 3 is 3.00 bits per heavy atom. The lowest BCUT2D eigenvalue weighted by atomic mass is 10.6. The van der Waals surface area contributed by atoms with Crippen LogP contribution in [0.2, 0.25) is 0 Å². The quantitative estimate of drug-likeness (QED) is 0.575. The van der Waals surface area contributed by atoms with Crippen LogP contribution in [-0.4, -0.2) is 9.78 Å². The summed E-state index contributed by atoms with van der Waals surface area (Å²) < 4.78 is 1.72. The van der Waals surface area contributed by atoms with Gasteiger partial charge < -0.3 is 9.67 Å². The third kappa shape index (κ3) is 0.719. The summed E-state index contributed by atoms with van der Waals surface area (Å²) in [6.45, 7) is 0. The third-order valence-corrected chi connectivity index (χ3v) is 1.28. The first kappa shape index (κ1) is 5.29. The van der Waals surface area contributed by atoms with Crippen LogP contribution in [0.1, 0.15) is 0 Å². The molecule has 50 valence electrons. The Bertz CT molecular complexity index is 248. The maximum absolute atomic E-state index is 4.06. The topological polar surface area (TPSA) is 31.9 Å². The van der Waals surface area contributed by atoms with E-state index >= 15 is 0 Å². The highest BCUT2D eigenvalue weighted by atomic mass is 15.3. The van der Waals surface area contributed by atoms with Crippen molar-refractivity contribution in [1.82, 2.24) is 14.8 Å². The van der Waals surface area contributed by atoms with Crippen LogP contribution in [0.5, 0.6) is 0 Å². The van der Waals surface area contributed by atoms with Gasteiger partial charge in [0.25, 0.3) is 0 Å². The summed E-state index contributed by atoms with van der Waals surface area (Å²) in [5, 5.41) is 4.01. The van der Waals surface area contributed by atoms with E-state index in [0.29, 0.717) is 0 Å². The molecule has 0 bridgehead atoms. The Balaban J connectivity index is 2.48. The predicted molar refractivity (Wildman–Crippen MR) is 36.9 cm³/mol. The number of nitrogens with zero attached hydrogens (tertiary/aromatic N) is 3. The second-order valence-corrected chi connectivity index (χ2v) is 1.95. The highest BCUT2D eigenvalue weighted by Gasteiger charge is 1.81. The van der Waals surface area contributed by atoms with E-state index in [1.54, 1.807) is 17.1 Å². The van der Waals surface area contributed by atoms with Crippen molar-refractivity contribution in [3.63, 3.8) is 0 Å². The monoisotopic (exact) mass is 132 g/mol. The Hall–Kier alpha value is -1.51. The molecule has 2 heterocycles. The summed E-state index contributed by atoms with van der Waals surface area (Å²) in [5.41, 5.74) is 0. The van der Waals surface area contributed by atoms with E-state index in [4.69, 9.17) is 0 Å². The van der Waals surface area contributed by atoms with Crippen molar-refractivity contribution in [2.75, 3.05) is 0 Å². The molecule has 0 aromatic carbocycles. The highest BCUT2D eigenvalue weighted by molar-refractivity contribution is 5.19. The molecule has 2 rings (SSSR count). The third-order valence-electron chi connectivity index (χ3n) is 1.28. The predicted octanol–water partition coefficient (Wildman–Crippen LogP) is 0.829. The van der Waals surface area contributed by atoms with E-state index < -0.39 is 0 Å². The normalized spacial score (nSPS) is 10.0. The minimum absolute atomic E-state index is 0.866. The molecular weight excluding hydrogens is 126 g/mol. The molecule has 0 unspecified atom stereocenters. The maximum Gasteiger partial charge on any atom is 0.0259 e. The van der Waals surface area contributed by atoms with Crippen molar-refractivity contribution in [2.45, 2.75) is 0 Å². The minimum atomic E-state index is 0.866. The average Bonchev–Trinajstić information content (AvgIpc) is 2.59. The molecule has 0 atom stereocenters. The Labute approximate surface area is 58.3 Å². The van der Waals surface area contributed by atoms with Crippen LogP contribution in [0.15, 0.2) is 36.8 Å². The highest BCUT2D eigenvalue weighted by Crippen LogP contribution is 1.98. The van der Waals surface area contributed by atoms with E-state index in [9.17, 15) is 0 Å². The summed E-state index contributed by atoms with van der Waals surface area (Å²) in [7, 11) is 0. The molecule has 3 nitrogen and oxygen atoms in total. The number of aromatic nitrogens is 3. The van der Waals surface area contributed by atoms with Crippen LogP contribution in [0.4, 0.5) is 0 Å². The van der Waals surface area contributed by atoms with Crippen LogP contribution in [0.25, 0.3) is 5.82 Å². The fourth-order valence-corrected chi connectivity index (χ4v) is 0.831. The van der Waals surface area contributed by atoms with E-state index in [2.05, 4.69) is 10.1 Å². The van der Waals surface area contributed by atoms with Crippen molar-refractivity contribution in [3.05, 3.63) is 36.8 Å². The molecule has 10 heavy (non-hydrogen) atoms. The van der Waals surface area contributed by atoms with Gasteiger partial charge in [0, 0.05) is 6.20 Å². The molecule has 0 radical (unpaired) electrons. The van der Waals surface area contributed by atoms with E-state index in [0.717, 1.165) is 5.82 Å². The molecular formula is C7H6N3-. The van der Waals surface area contributed by atoms with Gasteiger partial charge in [-0.3, -0.25) is 5.10 Å². The van der Waals surface area contributed by atoms with Crippen molar-refractivity contribution in [3.8, 4) is 5.82 Å². The van der Waals surface area contributed by atoms with Gasteiger partial charge in [0.1, 0.15) is 0 Å². The van der Waals surface area contributed by atoms with Crippen LogP contribution in [-0.2, 0) is 0 Å². The van der Waals surface area contributed by atoms with Crippen molar-refractivity contribution in [2.24, 2.45) is 0 Å². The van der Waals surface area contributed by atoms with Gasteiger partial charge in [0.05, 0.1) is 0 Å². The minimum Gasteiger partial charge on any atom is -0.441 e. The fourth-order valence-electron chi connectivity index (χ4n) is 0.831. The summed E-state index contributed by atoms with van der Waals surface area (Å²) >= 11 is 0. The van der Waals surface area contributed by atoms with Gasteiger partial charge >= 0.3 is 0 Å². The Morgan fingerprint density at radius 1 is 1.40 bits per heavy atom. The van der Waals surface area contributed by atoms with Gasteiger partial charge in [0.15, 0.2) is 0 Å². The molecule has 0 amide bonds. The van der Waals surface area contributed by atoms with Crippen molar-refractivity contribution in [1.29, 1.82) is 0 Å². The molecule has 0 spiro atoms. The smallest absolute Gasteiger partial charge is 0.0259 e.